The van der Waals surface area contributed by atoms with E-state index in [1.165, 1.54) is 18.2 Å². The Balaban J connectivity index is 2.42. The normalized spacial score (nSPS) is 17.6. The van der Waals surface area contributed by atoms with E-state index in [9.17, 15) is 24.6 Å². The van der Waals surface area contributed by atoms with Crippen LogP contribution in [0.25, 0.3) is 6.08 Å². The molecule has 0 bridgehead atoms. The maximum atomic E-state index is 12.5. The van der Waals surface area contributed by atoms with Gasteiger partial charge in [0.2, 0.25) is 0 Å². The zero-order chi connectivity index (χ0) is 18.0. The Hall–Kier alpha value is -2.19. The first-order chi connectivity index (χ1) is 11.2. The van der Waals surface area contributed by atoms with Crippen LogP contribution in [0.3, 0.4) is 0 Å². The Morgan fingerprint density at radius 2 is 1.88 bits per heavy atom. The van der Waals surface area contributed by atoms with E-state index in [2.05, 4.69) is 0 Å². The second kappa shape index (κ2) is 7.14. The number of thioether (sulfide) groups is 1. The summed E-state index contributed by atoms with van der Waals surface area (Å²) in [6, 6.07) is 4.87. The summed E-state index contributed by atoms with van der Waals surface area (Å²) in [5.41, 5.74) is 0.218. The van der Waals surface area contributed by atoms with Gasteiger partial charge in [-0.3, -0.25) is 9.69 Å². The van der Waals surface area contributed by atoms with Crippen molar-refractivity contribution in [2.45, 2.75) is 19.9 Å². The van der Waals surface area contributed by atoms with E-state index < -0.39 is 29.8 Å². The number of carbonyl (C=O) groups is 3. The van der Waals surface area contributed by atoms with Crippen molar-refractivity contribution in [3.05, 3.63) is 40.3 Å². The van der Waals surface area contributed by atoms with Crippen molar-refractivity contribution in [3.8, 4) is 0 Å². The number of carboxylic acid groups (broad SMARTS) is 2. The highest BCUT2D eigenvalue weighted by molar-refractivity contribution is 8.26. The van der Waals surface area contributed by atoms with Crippen LogP contribution in [0.5, 0.6) is 0 Å². The van der Waals surface area contributed by atoms with Gasteiger partial charge >= 0.3 is 0 Å². The second-order valence-electron chi connectivity index (χ2n) is 5.43. The predicted molar refractivity (Wildman–Crippen MR) is 89.4 cm³/mol. The average Bonchev–Trinajstić information content (AvgIpc) is 2.75. The fourth-order valence-corrected chi connectivity index (χ4v) is 3.67. The van der Waals surface area contributed by atoms with Crippen molar-refractivity contribution >= 4 is 52.2 Å². The van der Waals surface area contributed by atoms with E-state index in [0.29, 0.717) is 0 Å². The standard InChI is InChI=1S/C16H15NO5S2/c1-8(2)12(15(21)22)17-13(18)11(24-16(17)23)7-9-5-3-4-6-10(9)14(19)20/h3-8,12H,1-2H3,(H,19,20)(H,21,22)/p-2/b11-7+/t12-/m1/s1. The van der Waals surface area contributed by atoms with Gasteiger partial charge in [0, 0.05) is 5.56 Å². The number of carbonyl (C=O) groups excluding carboxylic acids is 3. The largest absolute Gasteiger partial charge is 0.548 e. The number of carboxylic acids is 2. The Morgan fingerprint density at radius 1 is 1.25 bits per heavy atom. The molecule has 2 rings (SSSR count). The molecule has 0 saturated carbocycles. The van der Waals surface area contributed by atoms with E-state index in [0.717, 1.165) is 16.7 Å². The lowest BCUT2D eigenvalue weighted by atomic mass is 10.0. The van der Waals surface area contributed by atoms with Crippen LogP contribution in [0, 0.1) is 5.92 Å². The van der Waals surface area contributed by atoms with Gasteiger partial charge in [-0.15, -0.1) is 0 Å². The zero-order valence-electron chi connectivity index (χ0n) is 12.8. The molecule has 24 heavy (non-hydrogen) atoms. The van der Waals surface area contributed by atoms with Crippen LogP contribution in [0.1, 0.15) is 29.8 Å². The molecule has 1 heterocycles. The predicted octanol–water partition coefficient (Wildman–Crippen LogP) is 0.0258. The fourth-order valence-electron chi connectivity index (χ4n) is 2.35. The maximum absolute atomic E-state index is 12.5. The molecule has 6 nitrogen and oxygen atoms in total. The van der Waals surface area contributed by atoms with Gasteiger partial charge in [0.15, 0.2) is 0 Å². The Morgan fingerprint density at radius 3 is 2.42 bits per heavy atom. The number of thiocarbonyl (C=S) groups is 1. The zero-order valence-corrected chi connectivity index (χ0v) is 14.5. The Kier molecular flexibility index (Phi) is 5.40. The molecule has 0 radical (unpaired) electrons. The van der Waals surface area contributed by atoms with Crippen LogP contribution in [0.4, 0.5) is 0 Å². The smallest absolute Gasteiger partial charge is 0.266 e. The molecule has 1 amide bonds. The first-order valence-electron chi connectivity index (χ1n) is 7.02. The van der Waals surface area contributed by atoms with Gasteiger partial charge in [-0.05, 0) is 17.6 Å². The molecule has 126 valence electrons. The number of rotatable bonds is 5. The number of aromatic carboxylic acids is 1. The van der Waals surface area contributed by atoms with Gasteiger partial charge in [-0.25, -0.2) is 0 Å². The molecule has 8 heteroatoms. The third-order valence-corrected chi connectivity index (χ3v) is 4.77. The highest BCUT2D eigenvalue weighted by atomic mass is 32.2. The van der Waals surface area contributed by atoms with E-state index in [-0.39, 0.29) is 20.4 Å². The van der Waals surface area contributed by atoms with Crippen LogP contribution in [0.2, 0.25) is 0 Å². The minimum atomic E-state index is -1.39. The lowest BCUT2D eigenvalue weighted by Crippen LogP contribution is -2.52. The first-order valence-corrected chi connectivity index (χ1v) is 8.24. The van der Waals surface area contributed by atoms with E-state index >= 15 is 0 Å². The number of hydrogen-bond donors (Lipinski definition) is 0. The third kappa shape index (κ3) is 3.49. The first kappa shape index (κ1) is 18.2. The lowest BCUT2D eigenvalue weighted by Gasteiger charge is -2.30. The van der Waals surface area contributed by atoms with Crippen LogP contribution in [-0.4, -0.2) is 33.1 Å². The monoisotopic (exact) mass is 363 g/mol. The Bertz CT molecular complexity index is 757. The molecule has 0 aliphatic carbocycles. The molecular weight excluding hydrogens is 350 g/mol. The van der Waals surface area contributed by atoms with Crippen molar-refractivity contribution in [1.82, 2.24) is 4.90 Å². The van der Waals surface area contributed by atoms with Crippen LogP contribution in [0.15, 0.2) is 29.2 Å². The molecule has 1 atom stereocenters. The van der Waals surface area contributed by atoms with Gasteiger partial charge in [-0.2, -0.15) is 0 Å². The Labute approximate surface area is 148 Å². The molecule has 1 aromatic rings. The van der Waals surface area contributed by atoms with Gasteiger partial charge in [0.05, 0.1) is 22.9 Å². The van der Waals surface area contributed by atoms with E-state index in [4.69, 9.17) is 12.2 Å². The van der Waals surface area contributed by atoms with Gasteiger partial charge in [-0.1, -0.05) is 62.1 Å². The molecule has 0 spiro atoms. The molecule has 1 fully saturated rings. The van der Waals surface area contributed by atoms with Crippen LogP contribution < -0.4 is 10.2 Å². The summed E-state index contributed by atoms with van der Waals surface area (Å²) >= 11 is 6.04. The molecule has 0 unspecified atom stereocenters. The second-order valence-corrected chi connectivity index (χ2v) is 7.11. The lowest BCUT2D eigenvalue weighted by molar-refractivity contribution is -0.311. The summed E-state index contributed by atoms with van der Waals surface area (Å²) in [7, 11) is 0. The van der Waals surface area contributed by atoms with E-state index in [1.807, 2.05) is 0 Å². The van der Waals surface area contributed by atoms with Crippen molar-refractivity contribution in [2.24, 2.45) is 5.92 Å². The van der Waals surface area contributed by atoms with Crippen LogP contribution in [-0.2, 0) is 9.59 Å². The number of amides is 1. The van der Waals surface area contributed by atoms with Crippen LogP contribution >= 0.6 is 24.0 Å². The molecule has 0 aromatic heterocycles. The summed E-state index contributed by atoms with van der Waals surface area (Å²) in [5.74, 6) is -3.74. The van der Waals surface area contributed by atoms with Crippen molar-refractivity contribution in [2.75, 3.05) is 0 Å². The molecule has 1 aliphatic rings. The average molecular weight is 363 g/mol. The highest BCUT2D eigenvalue weighted by Gasteiger charge is 2.39. The van der Waals surface area contributed by atoms with Crippen molar-refractivity contribution in [3.63, 3.8) is 0 Å². The molecule has 1 saturated heterocycles. The minimum absolute atomic E-state index is 0.0666. The third-order valence-electron chi connectivity index (χ3n) is 3.44. The summed E-state index contributed by atoms with van der Waals surface area (Å²) < 4.78 is 0.0973. The highest BCUT2D eigenvalue weighted by Crippen LogP contribution is 2.35. The number of aliphatic carboxylic acids is 1. The van der Waals surface area contributed by atoms with Crippen molar-refractivity contribution in [1.29, 1.82) is 0 Å². The molecule has 1 aliphatic heterocycles. The maximum Gasteiger partial charge on any atom is 0.266 e. The molecule has 0 N–H and O–H groups in total. The number of benzene rings is 1. The molecular formula is C16H13NO5S2-2. The number of hydrogen-bond acceptors (Lipinski definition) is 7. The minimum Gasteiger partial charge on any atom is -0.548 e. The summed E-state index contributed by atoms with van der Waals surface area (Å²) in [5, 5.41) is 22.5. The fraction of sp³-hybridized carbons (Fsp3) is 0.250. The number of nitrogens with zero attached hydrogens (tertiary/aromatic N) is 1. The summed E-state index contributed by atoms with van der Waals surface area (Å²) in [6.07, 6.45) is 1.37. The topological polar surface area (TPSA) is 101 Å². The molecule has 1 aromatic carbocycles. The SMILES string of the molecule is CC(C)[C@H](C(=O)[O-])N1C(=O)/C(=C\c2ccccc2C(=O)[O-])SC1=S. The summed E-state index contributed by atoms with van der Waals surface area (Å²) in [4.78, 5) is 36.2. The van der Waals surface area contributed by atoms with E-state index in [1.54, 1.807) is 26.0 Å². The van der Waals surface area contributed by atoms with Gasteiger partial charge < -0.3 is 19.8 Å². The summed E-state index contributed by atoms with van der Waals surface area (Å²) in [6.45, 7) is 3.29. The quantitative estimate of drug-likeness (QED) is 0.537. The van der Waals surface area contributed by atoms with Gasteiger partial charge in [0.25, 0.3) is 5.91 Å². The van der Waals surface area contributed by atoms with Crippen molar-refractivity contribution < 1.29 is 24.6 Å². The van der Waals surface area contributed by atoms with Gasteiger partial charge in [0.1, 0.15) is 4.32 Å².